The van der Waals surface area contributed by atoms with Crippen LogP contribution in [-0.2, 0) is 23.0 Å². The smallest absolute Gasteiger partial charge is 0.341 e. The predicted molar refractivity (Wildman–Crippen MR) is 103 cm³/mol. The number of aromatic nitrogens is 4. The van der Waals surface area contributed by atoms with Gasteiger partial charge in [0.25, 0.3) is 5.69 Å². The summed E-state index contributed by atoms with van der Waals surface area (Å²) in [5, 5.41) is 26.5. The third-order valence-electron chi connectivity index (χ3n) is 3.94. The van der Waals surface area contributed by atoms with E-state index in [4.69, 9.17) is 4.74 Å². The van der Waals surface area contributed by atoms with E-state index < -0.39 is 16.8 Å². The molecule has 0 aliphatic rings. The molecule has 0 aliphatic heterocycles. The molecule has 1 amide bonds. The first kappa shape index (κ1) is 20.1. The first-order valence-electron chi connectivity index (χ1n) is 8.45. The summed E-state index contributed by atoms with van der Waals surface area (Å²) in [5.41, 5.74) is 1.23. The maximum atomic E-state index is 12.5. The number of aryl methyl sites for hydroxylation is 1. The summed E-state index contributed by atoms with van der Waals surface area (Å²) in [6.45, 7) is 1.83. The topological polar surface area (TPSA) is 142 Å². The molecular weight excluding hydrogens is 400 g/mol. The van der Waals surface area contributed by atoms with Gasteiger partial charge in [-0.3, -0.25) is 14.9 Å². The molecule has 0 saturated heterocycles. The van der Waals surface area contributed by atoms with E-state index in [0.29, 0.717) is 22.0 Å². The van der Waals surface area contributed by atoms with E-state index >= 15 is 0 Å². The van der Waals surface area contributed by atoms with Gasteiger partial charge in [0.05, 0.1) is 18.0 Å². The van der Waals surface area contributed by atoms with Crippen LogP contribution in [0.25, 0.3) is 11.1 Å². The Labute approximate surface area is 168 Å². The summed E-state index contributed by atoms with van der Waals surface area (Å²) >= 11 is 1.16. The van der Waals surface area contributed by atoms with Gasteiger partial charge in [0.2, 0.25) is 5.91 Å². The number of non-ortho nitro benzene ring substituents is 1. The van der Waals surface area contributed by atoms with Gasteiger partial charge in [-0.1, -0.05) is 0 Å². The molecule has 0 radical (unpaired) electrons. The lowest BCUT2D eigenvalue weighted by molar-refractivity contribution is -0.384. The molecule has 0 saturated carbocycles. The highest BCUT2D eigenvalue weighted by atomic mass is 32.1. The van der Waals surface area contributed by atoms with Crippen LogP contribution in [0.2, 0.25) is 0 Å². The number of anilines is 1. The van der Waals surface area contributed by atoms with Crippen molar-refractivity contribution < 1.29 is 19.2 Å². The van der Waals surface area contributed by atoms with Crippen molar-refractivity contribution in [1.82, 2.24) is 20.2 Å². The number of ether oxygens (including phenoxy) is 1. The third kappa shape index (κ3) is 4.43. The minimum absolute atomic E-state index is 0.0625. The molecule has 2 heterocycles. The Morgan fingerprint density at radius 3 is 2.62 bits per heavy atom. The molecule has 3 aromatic rings. The first-order chi connectivity index (χ1) is 13.9. The van der Waals surface area contributed by atoms with Gasteiger partial charge in [-0.05, 0) is 35.0 Å². The summed E-state index contributed by atoms with van der Waals surface area (Å²) in [6, 6.07) is 5.78. The lowest BCUT2D eigenvalue weighted by atomic mass is 10.0. The second kappa shape index (κ2) is 8.56. The van der Waals surface area contributed by atoms with Crippen LogP contribution in [0, 0.1) is 10.1 Å². The predicted octanol–water partition coefficient (Wildman–Crippen LogP) is 2.20. The van der Waals surface area contributed by atoms with Crippen molar-refractivity contribution in [2.75, 3.05) is 11.9 Å². The number of nitrogens with zero attached hydrogens (tertiary/aromatic N) is 5. The second-order valence-corrected chi connectivity index (χ2v) is 6.70. The zero-order valence-electron chi connectivity index (χ0n) is 15.5. The fourth-order valence-corrected chi connectivity index (χ4v) is 3.52. The number of thiophene rings is 1. The highest BCUT2D eigenvalue weighted by Gasteiger charge is 2.23. The number of hydrogen-bond acceptors (Lipinski definition) is 9. The van der Waals surface area contributed by atoms with Crippen LogP contribution < -0.4 is 5.32 Å². The average Bonchev–Trinajstić information content (AvgIpc) is 3.28. The first-order valence-corrected chi connectivity index (χ1v) is 9.33. The average molecular weight is 416 g/mol. The number of carbonyl (C=O) groups is 2. The Bertz CT molecular complexity index is 1060. The van der Waals surface area contributed by atoms with Gasteiger partial charge in [-0.25, -0.2) is 9.48 Å². The van der Waals surface area contributed by atoms with Gasteiger partial charge in [0, 0.05) is 30.1 Å². The summed E-state index contributed by atoms with van der Waals surface area (Å²) in [4.78, 5) is 35.3. The third-order valence-corrected chi connectivity index (χ3v) is 4.83. The van der Waals surface area contributed by atoms with Gasteiger partial charge in [-0.15, -0.1) is 16.4 Å². The second-order valence-electron chi connectivity index (χ2n) is 5.82. The largest absolute Gasteiger partial charge is 0.462 e. The van der Waals surface area contributed by atoms with Crippen molar-refractivity contribution >= 4 is 33.9 Å². The lowest BCUT2D eigenvalue weighted by Crippen LogP contribution is -2.18. The summed E-state index contributed by atoms with van der Waals surface area (Å²) in [7, 11) is 1.62. The molecule has 2 aromatic heterocycles. The molecule has 1 N–H and O–H groups in total. The molecule has 150 valence electrons. The van der Waals surface area contributed by atoms with E-state index in [9.17, 15) is 19.7 Å². The van der Waals surface area contributed by atoms with E-state index in [-0.39, 0.29) is 24.3 Å². The van der Waals surface area contributed by atoms with E-state index in [0.717, 1.165) is 11.3 Å². The van der Waals surface area contributed by atoms with E-state index in [1.807, 2.05) is 0 Å². The zero-order chi connectivity index (χ0) is 21.0. The summed E-state index contributed by atoms with van der Waals surface area (Å²) in [5.74, 6) is -0.629. The quantitative estimate of drug-likeness (QED) is 0.351. The molecule has 29 heavy (non-hydrogen) atoms. The minimum atomic E-state index is -0.599. The highest BCUT2D eigenvalue weighted by Crippen LogP contribution is 2.36. The molecule has 0 fully saturated rings. The van der Waals surface area contributed by atoms with Gasteiger partial charge in [0.15, 0.2) is 5.82 Å². The highest BCUT2D eigenvalue weighted by molar-refractivity contribution is 7.15. The van der Waals surface area contributed by atoms with Crippen molar-refractivity contribution in [1.29, 1.82) is 0 Å². The summed E-state index contributed by atoms with van der Waals surface area (Å²) in [6.07, 6.45) is -0.0729. The fraction of sp³-hybridized carbons (Fsp3) is 0.235. The van der Waals surface area contributed by atoms with Crippen LogP contribution in [0.5, 0.6) is 0 Å². The van der Waals surface area contributed by atoms with Crippen LogP contribution in [0.4, 0.5) is 10.7 Å². The minimum Gasteiger partial charge on any atom is -0.462 e. The Balaban J connectivity index is 1.91. The van der Waals surface area contributed by atoms with Crippen LogP contribution >= 0.6 is 11.3 Å². The molecular formula is C17H16N6O5S. The molecule has 0 atom stereocenters. The SMILES string of the molecule is CCOC(=O)c1c(-c2ccc([N+](=O)[O-])cc2)csc1NC(=O)Cc1nnnn1C. The Kier molecular flexibility index (Phi) is 5.93. The van der Waals surface area contributed by atoms with E-state index in [1.165, 1.54) is 16.8 Å². The molecule has 11 nitrogen and oxygen atoms in total. The maximum absolute atomic E-state index is 12.5. The van der Waals surface area contributed by atoms with Gasteiger partial charge >= 0.3 is 5.97 Å². The molecule has 3 rings (SSSR count). The molecule has 0 aliphatic carbocycles. The van der Waals surface area contributed by atoms with Crippen LogP contribution in [0.3, 0.4) is 0 Å². The van der Waals surface area contributed by atoms with Crippen LogP contribution in [-0.4, -0.2) is 43.6 Å². The standard InChI is InChI=1S/C17H16N6O5S/c1-3-28-17(25)15-12(10-4-6-11(7-5-10)23(26)27)9-29-16(15)18-14(24)8-13-19-20-21-22(13)2/h4-7,9H,3,8H2,1-2H3,(H,18,24). The fourth-order valence-electron chi connectivity index (χ4n) is 2.54. The number of tetrazole rings is 1. The normalized spacial score (nSPS) is 10.6. The van der Waals surface area contributed by atoms with Crippen molar-refractivity contribution in [2.24, 2.45) is 7.05 Å². The van der Waals surface area contributed by atoms with Crippen molar-refractivity contribution in [3.63, 3.8) is 0 Å². The lowest BCUT2D eigenvalue weighted by Gasteiger charge is -2.08. The number of hydrogen-bond donors (Lipinski definition) is 1. The van der Waals surface area contributed by atoms with Gasteiger partial charge in [-0.2, -0.15) is 0 Å². The Morgan fingerprint density at radius 2 is 2.03 bits per heavy atom. The molecule has 0 bridgehead atoms. The number of carbonyl (C=O) groups excluding carboxylic acids is 2. The number of esters is 1. The molecule has 0 unspecified atom stereocenters. The van der Waals surface area contributed by atoms with Crippen molar-refractivity contribution in [2.45, 2.75) is 13.3 Å². The number of rotatable bonds is 7. The van der Waals surface area contributed by atoms with Crippen molar-refractivity contribution in [3.05, 3.63) is 51.1 Å². The maximum Gasteiger partial charge on any atom is 0.341 e. The van der Waals surface area contributed by atoms with Crippen LogP contribution in [0.15, 0.2) is 29.6 Å². The monoisotopic (exact) mass is 416 g/mol. The van der Waals surface area contributed by atoms with E-state index in [1.54, 1.807) is 31.5 Å². The Morgan fingerprint density at radius 1 is 1.31 bits per heavy atom. The van der Waals surface area contributed by atoms with E-state index in [2.05, 4.69) is 20.8 Å². The number of nitro groups is 1. The van der Waals surface area contributed by atoms with Gasteiger partial charge < -0.3 is 10.1 Å². The Hall–Kier alpha value is -3.67. The zero-order valence-corrected chi connectivity index (χ0v) is 16.3. The number of nitro benzene ring substituents is 1. The van der Waals surface area contributed by atoms with Crippen molar-refractivity contribution in [3.8, 4) is 11.1 Å². The van der Waals surface area contributed by atoms with Crippen LogP contribution in [0.1, 0.15) is 23.1 Å². The number of nitrogens with one attached hydrogen (secondary N) is 1. The molecule has 0 spiro atoms. The molecule has 12 heteroatoms. The molecule has 1 aromatic carbocycles. The summed E-state index contributed by atoms with van der Waals surface area (Å²) < 4.78 is 6.51. The number of amides is 1. The van der Waals surface area contributed by atoms with Gasteiger partial charge in [0.1, 0.15) is 10.6 Å². The number of benzene rings is 1.